The molecule has 0 aromatic heterocycles. The Bertz CT molecular complexity index is 893. The molecule has 2 amide bonds. The first-order chi connectivity index (χ1) is 13.3. The first kappa shape index (κ1) is 20.0. The van der Waals surface area contributed by atoms with Crippen LogP contribution in [0.2, 0.25) is 0 Å². The number of carbonyl (C=O) groups is 3. The number of benzene rings is 2. The van der Waals surface area contributed by atoms with Gasteiger partial charge in [-0.1, -0.05) is 44.2 Å². The number of hydrogen-bond donors (Lipinski definition) is 2. The Hall–Kier alpha value is -2.73. The van der Waals surface area contributed by atoms with Crippen LogP contribution in [-0.4, -0.2) is 42.4 Å². The van der Waals surface area contributed by atoms with Crippen molar-refractivity contribution in [1.82, 2.24) is 10.6 Å². The van der Waals surface area contributed by atoms with E-state index in [9.17, 15) is 14.4 Å². The molecule has 0 spiro atoms. The second-order valence-electron chi connectivity index (χ2n) is 7.69. The van der Waals surface area contributed by atoms with Crippen LogP contribution in [0.1, 0.15) is 37.6 Å². The van der Waals surface area contributed by atoms with Gasteiger partial charge < -0.3 is 15.4 Å². The number of Topliss-reactive ketones (excluding diaryl/α,β-unsaturated/α-hetero) is 1. The molecule has 148 valence electrons. The van der Waals surface area contributed by atoms with E-state index in [1.807, 2.05) is 50.2 Å². The third-order valence-electron chi connectivity index (χ3n) is 4.94. The highest BCUT2D eigenvalue weighted by atomic mass is 16.5. The summed E-state index contributed by atoms with van der Waals surface area (Å²) in [5, 5.41) is 7.58. The van der Waals surface area contributed by atoms with Crippen molar-refractivity contribution >= 4 is 28.4 Å². The standard InChI is InChI=1S/C22H26N2O4/c1-13(2)10-18(22(27)24-20-14(3)28-12-19(20)25)23-21(26)17-9-8-15-6-4-5-7-16(15)11-17/h4-9,11,13-14,18,20H,10,12H2,1-3H3,(H,23,26)(H,24,27)/t14-,18+,20+/m1/s1. The average molecular weight is 382 g/mol. The Kier molecular flexibility index (Phi) is 6.09. The molecule has 0 aliphatic carbocycles. The van der Waals surface area contributed by atoms with Gasteiger partial charge in [-0.25, -0.2) is 0 Å². The van der Waals surface area contributed by atoms with Gasteiger partial charge in [0.1, 0.15) is 18.7 Å². The van der Waals surface area contributed by atoms with Gasteiger partial charge in [0.15, 0.2) is 5.78 Å². The van der Waals surface area contributed by atoms with E-state index in [0.29, 0.717) is 12.0 Å². The minimum Gasteiger partial charge on any atom is -0.368 e. The highest BCUT2D eigenvalue weighted by Crippen LogP contribution is 2.16. The fourth-order valence-electron chi connectivity index (χ4n) is 3.39. The van der Waals surface area contributed by atoms with Gasteiger partial charge in [0.05, 0.1) is 6.10 Å². The summed E-state index contributed by atoms with van der Waals surface area (Å²) in [6, 6.07) is 11.8. The molecule has 1 aliphatic rings. The minimum atomic E-state index is -0.723. The number of hydrogen-bond acceptors (Lipinski definition) is 4. The molecule has 1 aliphatic heterocycles. The zero-order valence-corrected chi connectivity index (χ0v) is 16.4. The van der Waals surface area contributed by atoms with E-state index in [0.717, 1.165) is 10.8 Å². The lowest BCUT2D eigenvalue weighted by Crippen LogP contribution is -2.53. The van der Waals surface area contributed by atoms with Crippen molar-refractivity contribution < 1.29 is 19.1 Å². The van der Waals surface area contributed by atoms with Crippen molar-refractivity contribution in [2.75, 3.05) is 6.61 Å². The molecule has 6 nitrogen and oxygen atoms in total. The topological polar surface area (TPSA) is 84.5 Å². The number of fused-ring (bicyclic) bond motifs is 1. The highest BCUT2D eigenvalue weighted by Gasteiger charge is 2.35. The van der Waals surface area contributed by atoms with Crippen LogP contribution in [0, 0.1) is 5.92 Å². The molecule has 0 radical (unpaired) electrons. The van der Waals surface area contributed by atoms with E-state index < -0.39 is 12.1 Å². The summed E-state index contributed by atoms with van der Waals surface area (Å²) in [5.74, 6) is -0.627. The smallest absolute Gasteiger partial charge is 0.251 e. The largest absolute Gasteiger partial charge is 0.368 e. The predicted molar refractivity (Wildman–Crippen MR) is 107 cm³/mol. The van der Waals surface area contributed by atoms with Gasteiger partial charge in [-0.15, -0.1) is 0 Å². The lowest BCUT2D eigenvalue weighted by atomic mass is 10.0. The van der Waals surface area contributed by atoms with Crippen LogP contribution in [0.5, 0.6) is 0 Å². The van der Waals surface area contributed by atoms with E-state index in [2.05, 4.69) is 10.6 Å². The van der Waals surface area contributed by atoms with Crippen LogP contribution < -0.4 is 10.6 Å². The van der Waals surface area contributed by atoms with E-state index >= 15 is 0 Å². The molecule has 3 atom stereocenters. The molecule has 2 N–H and O–H groups in total. The van der Waals surface area contributed by atoms with E-state index in [-0.39, 0.29) is 36.2 Å². The molecule has 0 saturated carbocycles. The average Bonchev–Trinajstić information content (AvgIpc) is 2.98. The molecule has 3 rings (SSSR count). The third kappa shape index (κ3) is 4.57. The van der Waals surface area contributed by atoms with Crippen LogP contribution >= 0.6 is 0 Å². The molecule has 6 heteroatoms. The maximum Gasteiger partial charge on any atom is 0.251 e. The first-order valence-electron chi connectivity index (χ1n) is 9.59. The second kappa shape index (κ2) is 8.52. The second-order valence-corrected chi connectivity index (χ2v) is 7.69. The zero-order chi connectivity index (χ0) is 20.3. The van der Waals surface area contributed by atoms with Crippen LogP contribution in [0.25, 0.3) is 10.8 Å². The van der Waals surface area contributed by atoms with E-state index in [4.69, 9.17) is 4.74 Å². The molecule has 1 heterocycles. The van der Waals surface area contributed by atoms with Gasteiger partial charge >= 0.3 is 0 Å². The lowest BCUT2D eigenvalue weighted by Gasteiger charge is -2.23. The van der Waals surface area contributed by atoms with Gasteiger partial charge in [-0.2, -0.15) is 0 Å². The van der Waals surface area contributed by atoms with Crippen LogP contribution in [0.4, 0.5) is 0 Å². The van der Waals surface area contributed by atoms with Gasteiger partial charge in [-0.3, -0.25) is 14.4 Å². The van der Waals surface area contributed by atoms with Crippen molar-refractivity contribution in [1.29, 1.82) is 0 Å². The normalized spacial score (nSPS) is 20.4. The minimum absolute atomic E-state index is 0.00437. The maximum absolute atomic E-state index is 12.8. The van der Waals surface area contributed by atoms with E-state index in [1.54, 1.807) is 13.0 Å². The van der Waals surface area contributed by atoms with Crippen LogP contribution in [0.3, 0.4) is 0 Å². The van der Waals surface area contributed by atoms with Crippen molar-refractivity contribution in [3.8, 4) is 0 Å². The maximum atomic E-state index is 12.8. The first-order valence-corrected chi connectivity index (χ1v) is 9.59. The van der Waals surface area contributed by atoms with Gasteiger partial charge in [0, 0.05) is 5.56 Å². The summed E-state index contributed by atoms with van der Waals surface area (Å²) in [4.78, 5) is 37.4. The summed E-state index contributed by atoms with van der Waals surface area (Å²) in [6.07, 6.45) is 0.105. The molecule has 28 heavy (non-hydrogen) atoms. The molecular formula is C22H26N2O4. The zero-order valence-electron chi connectivity index (χ0n) is 16.4. The Morgan fingerprint density at radius 3 is 2.50 bits per heavy atom. The molecule has 1 fully saturated rings. The summed E-state index contributed by atoms with van der Waals surface area (Å²) in [7, 11) is 0. The Balaban J connectivity index is 1.74. The Morgan fingerprint density at radius 1 is 1.14 bits per heavy atom. The van der Waals surface area contributed by atoms with Gasteiger partial charge in [0.25, 0.3) is 5.91 Å². The molecule has 0 unspecified atom stereocenters. The predicted octanol–water partition coefficient (Wildman–Crippen LogP) is 2.46. The number of ether oxygens (including phenoxy) is 1. The highest BCUT2D eigenvalue weighted by molar-refractivity contribution is 6.01. The molecular weight excluding hydrogens is 356 g/mol. The SMILES string of the molecule is CC(C)C[C@H](NC(=O)c1ccc2ccccc2c1)C(=O)N[C@@H]1C(=O)CO[C@@H]1C. The summed E-state index contributed by atoms with van der Waals surface area (Å²) < 4.78 is 5.28. The fraction of sp³-hybridized carbons (Fsp3) is 0.409. The number of amides is 2. The monoisotopic (exact) mass is 382 g/mol. The molecule has 1 saturated heterocycles. The quantitative estimate of drug-likeness (QED) is 0.804. The summed E-state index contributed by atoms with van der Waals surface area (Å²) in [5.41, 5.74) is 0.494. The van der Waals surface area contributed by atoms with Crippen LogP contribution in [0.15, 0.2) is 42.5 Å². The summed E-state index contributed by atoms with van der Waals surface area (Å²) >= 11 is 0. The van der Waals surface area contributed by atoms with Crippen molar-refractivity contribution in [2.45, 2.75) is 45.4 Å². The molecule has 0 bridgehead atoms. The van der Waals surface area contributed by atoms with Gasteiger partial charge in [0.2, 0.25) is 5.91 Å². The number of rotatable bonds is 6. The van der Waals surface area contributed by atoms with Gasteiger partial charge in [-0.05, 0) is 42.2 Å². The Labute approximate surface area is 164 Å². The molecule has 2 aromatic carbocycles. The summed E-state index contributed by atoms with van der Waals surface area (Å²) in [6.45, 7) is 5.72. The van der Waals surface area contributed by atoms with Crippen molar-refractivity contribution in [2.24, 2.45) is 5.92 Å². The van der Waals surface area contributed by atoms with E-state index in [1.165, 1.54) is 0 Å². The molecule has 2 aromatic rings. The Morgan fingerprint density at radius 2 is 1.86 bits per heavy atom. The van der Waals surface area contributed by atoms with Crippen molar-refractivity contribution in [3.05, 3.63) is 48.0 Å². The fourth-order valence-corrected chi connectivity index (χ4v) is 3.39. The number of nitrogens with one attached hydrogen (secondary N) is 2. The third-order valence-corrected chi connectivity index (χ3v) is 4.94. The van der Waals surface area contributed by atoms with Crippen molar-refractivity contribution in [3.63, 3.8) is 0 Å². The lowest BCUT2D eigenvalue weighted by molar-refractivity contribution is -0.127. The van der Waals surface area contributed by atoms with Crippen LogP contribution in [-0.2, 0) is 14.3 Å². The number of ketones is 1. The number of carbonyl (C=O) groups excluding carboxylic acids is 3.